The maximum absolute atomic E-state index is 5.95. The zero-order valence-electron chi connectivity index (χ0n) is 11.1. The maximum Gasteiger partial charge on any atom is 0.154 e. The molecule has 1 aromatic rings. The normalized spacial score (nSPS) is 35.9. The first-order chi connectivity index (χ1) is 9.15. The van der Waals surface area contributed by atoms with Crippen molar-refractivity contribution in [2.24, 2.45) is 5.92 Å². The van der Waals surface area contributed by atoms with Gasteiger partial charge in [0.2, 0.25) is 0 Å². The molecule has 2 aliphatic rings. The lowest BCUT2D eigenvalue weighted by molar-refractivity contribution is -0.180. The molecule has 1 aromatic carbocycles. The molecule has 0 radical (unpaired) electrons. The summed E-state index contributed by atoms with van der Waals surface area (Å²) >= 11 is 5.95. The van der Waals surface area contributed by atoms with Gasteiger partial charge in [-0.05, 0) is 24.6 Å². The van der Waals surface area contributed by atoms with Crippen molar-refractivity contribution in [3.05, 3.63) is 34.9 Å². The molecular formula is C14H18ClNO3. The summed E-state index contributed by atoms with van der Waals surface area (Å²) in [6, 6.07) is 8.09. The SMILES string of the molecule is CC1OCC2ON(C)C(c3ccc(Cl)cc3)C2CO1. The Bertz CT molecular complexity index is 439. The highest BCUT2D eigenvalue weighted by Gasteiger charge is 2.44. The lowest BCUT2D eigenvalue weighted by Gasteiger charge is -2.23. The first kappa shape index (κ1) is 13.3. The number of nitrogens with zero attached hydrogens (tertiary/aromatic N) is 1. The Morgan fingerprint density at radius 1 is 1.16 bits per heavy atom. The molecule has 104 valence electrons. The number of ether oxygens (including phenoxy) is 2. The Morgan fingerprint density at radius 3 is 2.58 bits per heavy atom. The Labute approximate surface area is 118 Å². The van der Waals surface area contributed by atoms with Gasteiger partial charge in [0.05, 0.1) is 19.3 Å². The van der Waals surface area contributed by atoms with Gasteiger partial charge in [0, 0.05) is 18.0 Å². The minimum absolute atomic E-state index is 0.0515. The lowest BCUT2D eigenvalue weighted by atomic mass is 9.90. The van der Waals surface area contributed by atoms with E-state index >= 15 is 0 Å². The molecule has 0 bridgehead atoms. The van der Waals surface area contributed by atoms with Gasteiger partial charge in [-0.2, -0.15) is 5.06 Å². The Balaban J connectivity index is 1.85. The number of hydrogen-bond acceptors (Lipinski definition) is 4. The van der Waals surface area contributed by atoms with E-state index in [2.05, 4.69) is 0 Å². The summed E-state index contributed by atoms with van der Waals surface area (Å²) in [6.07, 6.45) is -0.110. The Morgan fingerprint density at radius 2 is 1.84 bits per heavy atom. The number of hydrogen-bond donors (Lipinski definition) is 0. The number of hydroxylamine groups is 2. The van der Waals surface area contributed by atoms with Crippen molar-refractivity contribution in [1.29, 1.82) is 0 Å². The molecule has 4 atom stereocenters. The molecule has 19 heavy (non-hydrogen) atoms. The van der Waals surface area contributed by atoms with E-state index in [1.165, 1.54) is 5.56 Å². The summed E-state index contributed by atoms with van der Waals surface area (Å²) in [7, 11) is 1.96. The van der Waals surface area contributed by atoms with Crippen LogP contribution in [0.15, 0.2) is 24.3 Å². The van der Waals surface area contributed by atoms with Crippen molar-refractivity contribution in [1.82, 2.24) is 5.06 Å². The predicted molar refractivity (Wildman–Crippen MR) is 71.7 cm³/mol. The molecule has 0 N–H and O–H groups in total. The Hall–Kier alpha value is -0.650. The van der Waals surface area contributed by atoms with Crippen LogP contribution in [0.1, 0.15) is 18.5 Å². The van der Waals surface area contributed by atoms with Gasteiger partial charge in [-0.25, -0.2) is 0 Å². The van der Waals surface area contributed by atoms with Crippen molar-refractivity contribution >= 4 is 11.6 Å². The number of rotatable bonds is 1. The number of fused-ring (bicyclic) bond motifs is 1. The van der Waals surface area contributed by atoms with E-state index in [0.29, 0.717) is 13.2 Å². The predicted octanol–water partition coefficient (Wildman–Crippen LogP) is 2.64. The third-order valence-electron chi connectivity index (χ3n) is 3.81. The van der Waals surface area contributed by atoms with Crippen LogP contribution in [0.4, 0.5) is 0 Å². The van der Waals surface area contributed by atoms with Crippen LogP contribution >= 0.6 is 11.6 Å². The molecule has 2 saturated heterocycles. The van der Waals surface area contributed by atoms with E-state index < -0.39 is 0 Å². The summed E-state index contributed by atoms with van der Waals surface area (Å²) in [5, 5.41) is 2.65. The molecule has 0 amide bonds. The van der Waals surface area contributed by atoms with Crippen LogP contribution in [0.25, 0.3) is 0 Å². The third kappa shape index (κ3) is 2.64. The first-order valence-corrected chi connectivity index (χ1v) is 6.91. The highest BCUT2D eigenvalue weighted by atomic mass is 35.5. The monoisotopic (exact) mass is 283 g/mol. The molecule has 0 saturated carbocycles. The highest BCUT2D eigenvalue weighted by molar-refractivity contribution is 6.30. The summed E-state index contributed by atoms with van der Waals surface area (Å²) in [5.41, 5.74) is 1.19. The van der Waals surface area contributed by atoms with Crippen molar-refractivity contribution in [3.8, 4) is 0 Å². The van der Waals surface area contributed by atoms with Gasteiger partial charge < -0.3 is 9.47 Å². The van der Waals surface area contributed by atoms with Gasteiger partial charge >= 0.3 is 0 Å². The zero-order chi connectivity index (χ0) is 13.4. The molecule has 0 spiro atoms. The molecule has 3 rings (SSSR count). The van der Waals surface area contributed by atoms with Crippen molar-refractivity contribution in [2.75, 3.05) is 20.3 Å². The molecular weight excluding hydrogens is 266 g/mol. The van der Waals surface area contributed by atoms with E-state index in [1.807, 2.05) is 43.3 Å². The van der Waals surface area contributed by atoms with Crippen molar-refractivity contribution < 1.29 is 14.3 Å². The minimum Gasteiger partial charge on any atom is -0.353 e. The fourth-order valence-electron chi connectivity index (χ4n) is 2.82. The van der Waals surface area contributed by atoms with Gasteiger partial charge in [0.25, 0.3) is 0 Å². The second-order valence-corrected chi connectivity index (χ2v) is 5.52. The molecule has 5 heteroatoms. The van der Waals surface area contributed by atoms with E-state index in [4.69, 9.17) is 25.9 Å². The summed E-state index contributed by atoms with van der Waals surface area (Å²) in [6.45, 7) is 3.13. The fraction of sp³-hybridized carbons (Fsp3) is 0.571. The molecule has 2 aliphatic heterocycles. The van der Waals surface area contributed by atoms with Crippen LogP contribution in [0.3, 0.4) is 0 Å². The lowest BCUT2D eigenvalue weighted by Crippen LogP contribution is -2.25. The summed E-state index contributed by atoms with van der Waals surface area (Å²) < 4.78 is 11.3. The van der Waals surface area contributed by atoms with Crippen LogP contribution < -0.4 is 0 Å². The average Bonchev–Trinajstić information content (AvgIpc) is 2.60. The van der Waals surface area contributed by atoms with E-state index in [9.17, 15) is 0 Å². The van der Waals surface area contributed by atoms with Gasteiger partial charge in [0.15, 0.2) is 6.29 Å². The number of benzene rings is 1. The van der Waals surface area contributed by atoms with E-state index in [1.54, 1.807) is 0 Å². The van der Waals surface area contributed by atoms with Crippen LogP contribution in [-0.2, 0) is 14.3 Å². The van der Waals surface area contributed by atoms with Crippen LogP contribution in [0.5, 0.6) is 0 Å². The van der Waals surface area contributed by atoms with E-state index in [0.717, 1.165) is 5.02 Å². The van der Waals surface area contributed by atoms with Gasteiger partial charge in [-0.1, -0.05) is 23.7 Å². The third-order valence-corrected chi connectivity index (χ3v) is 4.06. The van der Waals surface area contributed by atoms with Crippen LogP contribution in [-0.4, -0.2) is 37.7 Å². The van der Waals surface area contributed by atoms with Crippen molar-refractivity contribution in [2.45, 2.75) is 25.4 Å². The average molecular weight is 284 g/mol. The minimum atomic E-state index is -0.162. The van der Waals surface area contributed by atoms with E-state index in [-0.39, 0.29) is 24.4 Å². The number of halogens is 1. The first-order valence-electron chi connectivity index (χ1n) is 6.53. The fourth-order valence-corrected chi connectivity index (χ4v) is 2.95. The van der Waals surface area contributed by atoms with Crippen molar-refractivity contribution in [3.63, 3.8) is 0 Å². The second-order valence-electron chi connectivity index (χ2n) is 5.08. The highest BCUT2D eigenvalue weighted by Crippen LogP contribution is 2.40. The standard InChI is InChI=1S/C14H18ClNO3/c1-9-17-7-12-13(8-18-9)19-16(2)14(12)10-3-5-11(15)6-4-10/h3-6,9,12-14H,7-8H2,1-2H3. The van der Waals surface area contributed by atoms with Gasteiger partial charge in [0.1, 0.15) is 6.10 Å². The molecule has 2 fully saturated rings. The molecule has 4 nitrogen and oxygen atoms in total. The van der Waals surface area contributed by atoms with Gasteiger partial charge in [-0.15, -0.1) is 0 Å². The Kier molecular flexibility index (Phi) is 3.78. The largest absolute Gasteiger partial charge is 0.353 e. The molecule has 0 aromatic heterocycles. The second kappa shape index (κ2) is 5.38. The molecule has 2 heterocycles. The maximum atomic E-state index is 5.95. The molecule has 4 unspecified atom stereocenters. The van der Waals surface area contributed by atoms with Crippen LogP contribution in [0.2, 0.25) is 5.02 Å². The zero-order valence-corrected chi connectivity index (χ0v) is 11.8. The quantitative estimate of drug-likeness (QED) is 0.793. The van der Waals surface area contributed by atoms with Gasteiger partial charge in [-0.3, -0.25) is 4.84 Å². The summed E-state index contributed by atoms with van der Waals surface area (Å²) in [5.74, 6) is 0.274. The van der Waals surface area contributed by atoms with Crippen LogP contribution in [0, 0.1) is 5.92 Å². The summed E-state index contributed by atoms with van der Waals surface area (Å²) in [4.78, 5) is 5.89. The molecule has 0 aliphatic carbocycles. The smallest absolute Gasteiger partial charge is 0.154 e. The topological polar surface area (TPSA) is 30.9 Å².